The number of hydrogen-bond acceptors (Lipinski definition) is 0. The Bertz CT molecular complexity index is 1730. The number of rotatable bonds is 9. The minimum absolute atomic E-state index is 0.103. The predicted molar refractivity (Wildman–Crippen MR) is 204 cm³/mol. The topological polar surface area (TPSA) is 0 Å². The summed E-state index contributed by atoms with van der Waals surface area (Å²) in [7, 11) is 17.5. The number of benzene rings is 4. The molecule has 0 N–H and O–H groups in total. The maximum absolute atomic E-state index is 8.77. The van der Waals surface area contributed by atoms with E-state index in [-0.39, 0.29) is 7.25 Å². The number of fused-ring (bicyclic) bond motifs is 2. The van der Waals surface area contributed by atoms with E-state index in [0.717, 1.165) is 12.8 Å². The van der Waals surface area contributed by atoms with Crippen LogP contribution < -0.4 is 0 Å². The normalized spacial score (nSPS) is 18.4. The third kappa shape index (κ3) is 5.64. The van der Waals surface area contributed by atoms with E-state index in [0.29, 0.717) is 11.8 Å². The Balaban J connectivity index is 1.63. The van der Waals surface area contributed by atoms with Gasteiger partial charge >= 0.3 is 289 Å². The molecule has 0 aromatic heterocycles. The third-order valence-corrected chi connectivity index (χ3v) is 62.5. The minimum atomic E-state index is -4.87. The van der Waals surface area contributed by atoms with Crippen molar-refractivity contribution in [1.29, 1.82) is 0 Å². The Morgan fingerprint density at radius 1 is 0.565 bits per heavy atom. The summed E-state index contributed by atoms with van der Waals surface area (Å²) in [5.41, 5.74) is 16.2. The molecule has 4 aromatic rings. The van der Waals surface area contributed by atoms with Gasteiger partial charge < -0.3 is 0 Å². The molecule has 2 aliphatic rings. The molecular formula is C42H49Cl2SiZr. The van der Waals surface area contributed by atoms with Gasteiger partial charge in [0.05, 0.1) is 0 Å². The molecule has 0 nitrogen and oxygen atoms in total. The van der Waals surface area contributed by atoms with Crippen LogP contribution in [0.5, 0.6) is 0 Å². The molecule has 0 radical (unpaired) electrons. The first-order chi connectivity index (χ1) is 21.8. The van der Waals surface area contributed by atoms with Crippen molar-refractivity contribution in [2.45, 2.75) is 74.7 Å². The van der Waals surface area contributed by atoms with Crippen molar-refractivity contribution in [3.8, 4) is 22.3 Å². The standard InChI is InChI=1S/2C20H21.C2H7Si.2ClH.Zr/c2*1-14(2)11-16-12-17-8-6-10-19(20(17)13-16)18-9-5-4-7-15(18)3;1-3-2;;;/h2*4-10,12-14H,11H2,1-3H3;3H,1-2H3;2*1H;/q;;;;;+2/p-2. The summed E-state index contributed by atoms with van der Waals surface area (Å²) in [5, 5.41) is 0. The Labute approximate surface area is 286 Å². The molecule has 0 amide bonds. The van der Waals surface area contributed by atoms with Gasteiger partial charge in [-0.2, -0.15) is 0 Å². The molecule has 4 heteroatoms. The molecule has 239 valence electrons. The van der Waals surface area contributed by atoms with Crippen molar-refractivity contribution >= 4 is 35.1 Å². The van der Waals surface area contributed by atoms with E-state index in [1.807, 2.05) is 0 Å². The molecular weight excluding hydrogens is 695 g/mol. The van der Waals surface area contributed by atoms with Gasteiger partial charge in [0.15, 0.2) is 0 Å². The van der Waals surface area contributed by atoms with Crippen LogP contribution in [-0.2, 0) is 15.6 Å². The quantitative estimate of drug-likeness (QED) is 0.150. The van der Waals surface area contributed by atoms with E-state index < -0.39 is 21.5 Å². The fourth-order valence-electron chi connectivity index (χ4n) is 8.58. The molecule has 0 saturated heterocycles. The molecule has 4 aromatic carbocycles. The molecule has 0 spiro atoms. The van der Waals surface area contributed by atoms with Crippen molar-refractivity contribution < 1.29 is 15.6 Å². The zero-order chi connectivity index (χ0) is 33.0. The zero-order valence-electron chi connectivity index (χ0n) is 28.8. The van der Waals surface area contributed by atoms with Crippen LogP contribution >= 0.6 is 17.0 Å². The summed E-state index contributed by atoms with van der Waals surface area (Å²) >= 11 is -4.87. The Morgan fingerprint density at radius 3 is 1.28 bits per heavy atom. The first-order valence-corrected chi connectivity index (χ1v) is 33.5. The Kier molecular flexibility index (Phi) is 9.45. The number of hydrogen-bond donors (Lipinski definition) is 0. The molecule has 6 rings (SSSR count). The second-order valence-electron chi connectivity index (χ2n) is 15.1. The van der Waals surface area contributed by atoms with E-state index in [1.54, 1.807) is 0 Å². The van der Waals surface area contributed by atoms with Crippen molar-refractivity contribution in [1.82, 2.24) is 0 Å². The summed E-state index contributed by atoms with van der Waals surface area (Å²) in [5.74, 6) is -0.618. The van der Waals surface area contributed by atoms with Gasteiger partial charge in [-0.1, -0.05) is 0 Å². The number of halogens is 2. The monoisotopic (exact) mass is 741 g/mol. The van der Waals surface area contributed by atoms with Gasteiger partial charge in [0.25, 0.3) is 0 Å². The summed E-state index contributed by atoms with van der Waals surface area (Å²) in [4.78, 5) is 0. The summed E-state index contributed by atoms with van der Waals surface area (Å²) in [6.07, 6.45) is 7.07. The van der Waals surface area contributed by atoms with Crippen molar-refractivity contribution in [2.75, 3.05) is 0 Å². The van der Waals surface area contributed by atoms with Crippen molar-refractivity contribution in [3.05, 3.63) is 129 Å². The molecule has 0 aliphatic heterocycles. The Morgan fingerprint density at radius 2 is 0.935 bits per heavy atom. The molecule has 0 heterocycles. The fraction of sp³-hybridized carbons (Fsp3) is 0.333. The van der Waals surface area contributed by atoms with E-state index >= 15 is 0 Å². The average Bonchev–Trinajstić information content (AvgIpc) is 3.56. The van der Waals surface area contributed by atoms with E-state index in [9.17, 15) is 0 Å². The van der Waals surface area contributed by atoms with Gasteiger partial charge in [-0.3, -0.25) is 0 Å². The summed E-state index contributed by atoms with van der Waals surface area (Å²) < 4.78 is 0.206. The van der Waals surface area contributed by atoms with E-state index in [1.165, 1.54) is 66.8 Å². The van der Waals surface area contributed by atoms with Crippen LogP contribution in [0.1, 0.15) is 81.2 Å². The van der Waals surface area contributed by atoms with Crippen molar-refractivity contribution in [2.24, 2.45) is 11.8 Å². The summed E-state index contributed by atoms with van der Waals surface area (Å²) in [6, 6.07) is 31.4. The molecule has 2 atom stereocenters. The van der Waals surface area contributed by atoms with Gasteiger partial charge in [0, 0.05) is 0 Å². The molecule has 0 bridgehead atoms. The van der Waals surface area contributed by atoms with Crippen LogP contribution in [0, 0.1) is 25.7 Å². The van der Waals surface area contributed by atoms with Crippen molar-refractivity contribution in [3.63, 3.8) is 0 Å². The SMILES string of the molecule is Cc1ccccc1-c1cccc2c1C=C(CC(C)C)[CH]2[Zr]([Cl])([Cl])([CH]1C(CC(C)C)=Cc2c(-c3ccccc3C)cccc21)[SiH](C)C. The van der Waals surface area contributed by atoms with Gasteiger partial charge in [-0.15, -0.1) is 0 Å². The summed E-state index contributed by atoms with van der Waals surface area (Å²) in [6.45, 7) is 18.7. The molecule has 2 unspecified atom stereocenters. The third-order valence-electron chi connectivity index (χ3n) is 10.7. The second kappa shape index (κ2) is 12.8. The molecule has 0 saturated carbocycles. The van der Waals surface area contributed by atoms with Crippen LogP contribution in [0.2, 0.25) is 13.1 Å². The van der Waals surface area contributed by atoms with E-state index in [4.69, 9.17) is 17.0 Å². The zero-order valence-corrected chi connectivity index (χ0v) is 33.9. The first kappa shape index (κ1) is 33.9. The van der Waals surface area contributed by atoms with Crippen LogP contribution in [0.3, 0.4) is 0 Å². The van der Waals surface area contributed by atoms with E-state index in [2.05, 4.69) is 152 Å². The molecule has 46 heavy (non-hydrogen) atoms. The van der Waals surface area contributed by atoms with Gasteiger partial charge in [-0.05, 0) is 0 Å². The second-order valence-corrected chi connectivity index (χ2v) is 57.6. The first-order valence-electron chi connectivity index (χ1n) is 17.2. The van der Waals surface area contributed by atoms with Crippen LogP contribution in [0.4, 0.5) is 0 Å². The van der Waals surface area contributed by atoms with Gasteiger partial charge in [0.1, 0.15) is 0 Å². The number of allylic oxidation sites excluding steroid dienone is 2. The van der Waals surface area contributed by atoms with Crippen LogP contribution in [0.15, 0.2) is 96.1 Å². The number of aryl methyl sites for hydroxylation is 2. The Hall–Kier alpha value is -1.96. The van der Waals surface area contributed by atoms with Gasteiger partial charge in [-0.25, -0.2) is 0 Å². The fourth-order valence-corrected chi connectivity index (χ4v) is 40.0. The van der Waals surface area contributed by atoms with Crippen LogP contribution in [0.25, 0.3) is 34.4 Å². The molecule has 2 aliphatic carbocycles. The van der Waals surface area contributed by atoms with Gasteiger partial charge in [0.2, 0.25) is 0 Å². The maximum atomic E-state index is 8.77. The average molecular weight is 744 g/mol. The predicted octanol–water partition coefficient (Wildman–Crippen LogP) is 13.3. The van der Waals surface area contributed by atoms with Crippen LogP contribution in [-0.4, -0.2) is 5.92 Å². The molecule has 0 fully saturated rings.